The molecule has 0 radical (unpaired) electrons. The Hall–Kier alpha value is -1.67. The Morgan fingerprint density at radius 1 is 0.966 bits per heavy atom. The number of rotatable bonds is 8. The van der Waals surface area contributed by atoms with Gasteiger partial charge in [0.25, 0.3) is 0 Å². The molecule has 1 aliphatic carbocycles. The van der Waals surface area contributed by atoms with Crippen molar-refractivity contribution in [3.63, 3.8) is 0 Å². The molecule has 1 saturated carbocycles. The lowest BCUT2D eigenvalue weighted by atomic mass is 9.95. The van der Waals surface area contributed by atoms with Gasteiger partial charge in [-0.25, -0.2) is 8.42 Å². The molecule has 2 heterocycles. The monoisotopic (exact) mass is 417 g/mol. The topological polar surface area (TPSA) is 57.0 Å². The zero-order valence-corrected chi connectivity index (χ0v) is 18.2. The summed E-state index contributed by atoms with van der Waals surface area (Å²) < 4.78 is 30.3. The zero-order chi connectivity index (χ0) is 20.5. The summed E-state index contributed by atoms with van der Waals surface area (Å²) in [4.78, 5) is 5.02. The Morgan fingerprint density at radius 3 is 2.21 bits per heavy atom. The number of piperazine rings is 1. The maximum atomic E-state index is 11.6. The van der Waals surface area contributed by atoms with Crippen LogP contribution in [0.2, 0.25) is 0 Å². The SMILES string of the molecule is CN(Cc1ccc(CN2CCN(CC3(c4ccccc4)CC3)CC2)o1)S(C)(=O)=O. The van der Waals surface area contributed by atoms with E-state index in [2.05, 4.69) is 40.1 Å². The molecule has 158 valence electrons. The summed E-state index contributed by atoms with van der Waals surface area (Å²) in [6, 6.07) is 14.8. The summed E-state index contributed by atoms with van der Waals surface area (Å²) in [6.45, 7) is 6.44. The summed E-state index contributed by atoms with van der Waals surface area (Å²) >= 11 is 0. The van der Waals surface area contributed by atoms with Gasteiger partial charge in [0.2, 0.25) is 10.0 Å². The van der Waals surface area contributed by atoms with E-state index in [1.54, 1.807) is 7.05 Å². The van der Waals surface area contributed by atoms with E-state index >= 15 is 0 Å². The number of benzene rings is 1. The molecule has 0 bridgehead atoms. The van der Waals surface area contributed by atoms with Crippen molar-refractivity contribution in [3.8, 4) is 0 Å². The van der Waals surface area contributed by atoms with Crippen molar-refractivity contribution in [1.82, 2.24) is 14.1 Å². The molecule has 0 N–H and O–H groups in total. The first-order valence-corrected chi connectivity index (χ1v) is 12.2. The average molecular weight is 418 g/mol. The van der Waals surface area contributed by atoms with Crippen molar-refractivity contribution in [2.45, 2.75) is 31.3 Å². The molecule has 1 aliphatic heterocycles. The number of nitrogens with zero attached hydrogens (tertiary/aromatic N) is 3. The van der Waals surface area contributed by atoms with Crippen LogP contribution in [-0.4, -0.2) is 68.6 Å². The smallest absolute Gasteiger partial charge is 0.211 e. The third-order valence-electron chi connectivity index (χ3n) is 6.27. The molecule has 1 saturated heterocycles. The molecular formula is C22H31N3O3S. The van der Waals surface area contributed by atoms with E-state index in [1.807, 2.05) is 12.1 Å². The van der Waals surface area contributed by atoms with Crippen molar-refractivity contribution in [1.29, 1.82) is 0 Å². The fourth-order valence-corrected chi connectivity index (χ4v) is 4.53. The van der Waals surface area contributed by atoms with Crippen LogP contribution in [0.5, 0.6) is 0 Å². The van der Waals surface area contributed by atoms with E-state index in [0.717, 1.165) is 45.0 Å². The fourth-order valence-electron chi connectivity index (χ4n) is 4.16. The Kier molecular flexibility index (Phi) is 5.84. The lowest BCUT2D eigenvalue weighted by Crippen LogP contribution is -2.48. The van der Waals surface area contributed by atoms with Crippen LogP contribution in [0.4, 0.5) is 0 Å². The normalized spacial score (nSPS) is 20.2. The van der Waals surface area contributed by atoms with Crippen LogP contribution < -0.4 is 0 Å². The van der Waals surface area contributed by atoms with Crippen LogP contribution in [-0.2, 0) is 28.5 Å². The highest BCUT2D eigenvalue weighted by molar-refractivity contribution is 7.88. The van der Waals surface area contributed by atoms with Gasteiger partial charge in [0.15, 0.2) is 0 Å². The second kappa shape index (κ2) is 8.22. The van der Waals surface area contributed by atoms with Gasteiger partial charge in [-0.1, -0.05) is 30.3 Å². The minimum atomic E-state index is -3.20. The predicted molar refractivity (Wildman–Crippen MR) is 114 cm³/mol. The first-order valence-electron chi connectivity index (χ1n) is 10.3. The van der Waals surface area contributed by atoms with Crippen LogP contribution >= 0.6 is 0 Å². The van der Waals surface area contributed by atoms with Gasteiger partial charge in [0, 0.05) is 45.2 Å². The minimum Gasteiger partial charge on any atom is -0.463 e. The standard InChI is InChI=1S/C22H31N3O3S/c1-23(29(2,26)27)16-20-8-9-21(28-20)17-24-12-14-25(15-13-24)18-22(10-11-22)19-6-4-3-5-7-19/h3-9H,10-18H2,1-2H3. The Labute approximate surface area is 174 Å². The maximum Gasteiger partial charge on any atom is 0.211 e. The highest BCUT2D eigenvalue weighted by Gasteiger charge is 2.45. The summed E-state index contributed by atoms with van der Waals surface area (Å²) in [7, 11) is -1.63. The molecule has 29 heavy (non-hydrogen) atoms. The van der Waals surface area contributed by atoms with Crippen molar-refractivity contribution in [2.24, 2.45) is 0 Å². The molecule has 0 unspecified atom stereocenters. The Balaban J connectivity index is 1.26. The zero-order valence-electron chi connectivity index (χ0n) is 17.4. The van der Waals surface area contributed by atoms with Crippen LogP contribution in [0, 0.1) is 0 Å². The van der Waals surface area contributed by atoms with Gasteiger partial charge in [0.05, 0.1) is 19.3 Å². The quantitative estimate of drug-likeness (QED) is 0.661. The summed E-state index contributed by atoms with van der Waals surface area (Å²) in [5, 5.41) is 0. The first kappa shape index (κ1) is 20.6. The second-order valence-electron chi connectivity index (χ2n) is 8.59. The molecule has 4 rings (SSSR count). The molecule has 2 fully saturated rings. The predicted octanol–water partition coefficient (Wildman–Crippen LogP) is 2.52. The van der Waals surface area contributed by atoms with E-state index in [0.29, 0.717) is 11.2 Å². The van der Waals surface area contributed by atoms with Crippen molar-refractivity contribution in [2.75, 3.05) is 46.0 Å². The number of sulfonamides is 1. The molecule has 0 spiro atoms. The lowest BCUT2D eigenvalue weighted by Gasteiger charge is -2.36. The molecular weight excluding hydrogens is 386 g/mol. The van der Waals surface area contributed by atoms with Gasteiger partial charge < -0.3 is 4.42 Å². The number of hydrogen-bond acceptors (Lipinski definition) is 5. The molecule has 0 atom stereocenters. The molecule has 1 aromatic heterocycles. The summed E-state index contributed by atoms with van der Waals surface area (Å²) in [5.41, 5.74) is 1.87. The average Bonchev–Trinajstić information content (AvgIpc) is 3.35. The van der Waals surface area contributed by atoms with Crippen molar-refractivity contribution in [3.05, 3.63) is 59.5 Å². The van der Waals surface area contributed by atoms with Gasteiger partial charge >= 0.3 is 0 Å². The third kappa shape index (κ3) is 5.09. The van der Waals surface area contributed by atoms with Crippen molar-refractivity contribution >= 4 is 10.0 Å². The highest BCUT2D eigenvalue weighted by atomic mass is 32.2. The molecule has 0 amide bonds. The van der Waals surface area contributed by atoms with Gasteiger partial charge in [-0.3, -0.25) is 9.80 Å². The fraction of sp³-hybridized carbons (Fsp3) is 0.545. The molecule has 7 heteroatoms. The van der Waals surface area contributed by atoms with Gasteiger partial charge in [-0.15, -0.1) is 0 Å². The first-order chi connectivity index (χ1) is 13.8. The van der Waals surface area contributed by atoms with Gasteiger partial charge in [-0.05, 0) is 30.5 Å². The molecule has 2 aliphatic rings. The van der Waals surface area contributed by atoms with E-state index in [4.69, 9.17) is 4.42 Å². The number of furan rings is 1. The van der Waals surface area contributed by atoms with E-state index < -0.39 is 10.0 Å². The Bertz CT molecular complexity index is 914. The van der Waals surface area contributed by atoms with E-state index in [1.165, 1.54) is 29.0 Å². The maximum absolute atomic E-state index is 11.6. The van der Waals surface area contributed by atoms with E-state index in [-0.39, 0.29) is 6.54 Å². The third-order valence-corrected chi connectivity index (χ3v) is 7.53. The van der Waals surface area contributed by atoms with Crippen LogP contribution in [0.1, 0.15) is 29.9 Å². The van der Waals surface area contributed by atoms with E-state index in [9.17, 15) is 8.42 Å². The van der Waals surface area contributed by atoms with Gasteiger partial charge in [0.1, 0.15) is 11.5 Å². The Morgan fingerprint density at radius 2 is 1.59 bits per heavy atom. The van der Waals surface area contributed by atoms with Crippen LogP contribution in [0.3, 0.4) is 0 Å². The largest absolute Gasteiger partial charge is 0.463 e. The molecule has 2 aromatic rings. The summed E-state index contributed by atoms with van der Waals surface area (Å²) in [5.74, 6) is 1.59. The minimum absolute atomic E-state index is 0.272. The van der Waals surface area contributed by atoms with Crippen LogP contribution in [0.15, 0.2) is 46.9 Å². The van der Waals surface area contributed by atoms with Crippen LogP contribution in [0.25, 0.3) is 0 Å². The molecule has 6 nitrogen and oxygen atoms in total. The lowest BCUT2D eigenvalue weighted by molar-refractivity contribution is 0.112. The molecule has 1 aromatic carbocycles. The second-order valence-corrected chi connectivity index (χ2v) is 10.7. The van der Waals surface area contributed by atoms with Gasteiger partial charge in [-0.2, -0.15) is 4.31 Å². The van der Waals surface area contributed by atoms with Crippen molar-refractivity contribution < 1.29 is 12.8 Å². The number of hydrogen-bond donors (Lipinski definition) is 0. The summed E-state index contributed by atoms with van der Waals surface area (Å²) in [6.07, 6.45) is 3.81. The highest BCUT2D eigenvalue weighted by Crippen LogP contribution is 2.48.